The van der Waals surface area contributed by atoms with Gasteiger partial charge in [0.15, 0.2) is 0 Å². The van der Waals surface area contributed by atoms with Crippen LogP contribution in [0, 0.1) is 0 Å². The maximum atomic E-state index is 12.2. The Hall–Kier alpha value is -3.06. The number of carbonyl (C=O) groups is 2. The van der Waals surface area contributed by atoms with E-state index in [0.29, 0.717) is 29.4 Å². The van der Waals surface area contributed by atoms with Gasteiger partial charge in [-0.25, -0.2) is 4.79 Å². The molecular weight excluding hydrogens is 362 g/mol. The molecule has 1 heterocycles. The van der Waals surface area contributed by atoms with Crippen LogP contribution in [0.4, 0.5) is 0 Å². The molecule has 0 aliphatic carbocycles. The van der Waals surface area contributed by atoms with E-state index in [0.717, 1.165) is 19.5 Å². The van der Waals surface area contributed by atoms with E-state index in [-0.39, 0.29) is 17.6 Å². The first-order valence-corrected chi connectivity index (χ1v) is 9.07. The van der Waals surface area contributed by atoms with Crippen molar-refractivity contribution in [2.24, 2.45) is 0 Å². The second-order valence-electron chi connectivity index (χ2n) is 6.65. The minimum absolute atomic E-state index is 0.00786. The normalized spacial score (nSPS) is 14.1. The summed E-state index contributed by atoms with van der Waals surface area (Å²) < 4.78 is 16.5. The molecule has 2 aromatic carbocycles. The number of aromatic carboxylic acids is 1. The Morgan fingerprint density at radius 1 is 1.04 bits per heavy atom. The van der Waals surface area contributed by atoms with Crippen LogP contribution in [0.15, 0.2) is 42.5 Å². The van der Waals surface area contributed by atoms with Gasteiger partial charge < -0.3 is 24.2 Å². The first-order chi connectivity index (χ1) is 13.5. The summed E-state index contributed by atoms with van der Waals surface area (Å²) in [6, 6.07) is 11.3. The predicted molar refractivity (Wildman–Crippen MR) is 102 cm³/mol. The highest BCUT2D eigenvalue weighted by Gasteiger charge is 2.21. The van der Waals surface area contributed by atoms with Gasteiger partial charge in [-0.05, 0) is 49.7 Å². The van der Waals surface area contributed by atoms with Crippen molar-refractivity contribution < 1.29 is 28.9 Å². The van der Waals surface area contributed by atoms with Gasteiger partial charge in [0.05, 0.1) is 12.2 Å². The zero-order valence-corrected chi connectivity index (χ0v) is 15.9. The molecule has 0 bridgehead atoms. The van der Waals surface area contributed by atoms with E-state index in [1.54, 1.807) is 42.3 Å². The van der Waals surface area contributed by atoms with E-state index < -0.39 is 5.97 Å². The van der Waals surface area contributed by atoms with Gasteiger partial charge in [-0.3, -0.25) is 4.79 Å². The van der Waals surface area contributed by atoms with Gasteiger partial charge in [0.25, 0.3) is 5.91 Å². The molecule has 1 fully saturated rings. The molecule has 1 saturated heterocycles. The third kappa shape index (κ3) is 4.80. The fraction of sp³-hybridized carbons (Fsp3) is 0.333. The number of hydrogen-bond acceptors (Lipinski definition) is 5. The zero-order chi connectivity index (χ0) is 20.1. The van der Waals surface area contributed by atoms with Crippen molar-refractivity contribution >= 4 is 11.9 Å². The number of hydrogen-bond donors (Lipinski definition) is 1. The highest BCUT2D eigenvalue weighted by Crippen LogP contribution is 2.29. The number of carbonyl (C=O) groups excluding carboxylic acids is 1. The summed E-state index contributed by atoms with van der Waals surface area (Å²) in [5.41, 5.74) is 0.658. The summed E-state index contributed by atoms with van der Waals surface area (Å²) in [5.74, 6) is 0.141. The van der Waals surface area contributed by atoms with E-state index in [1.165, 1.54) is 12.1 Å². The SMILES string of the molecule is COCC(C)Oc1cc(Oc2ccc(C(=O)N3CCC3)cc2)cc(C(=O)O)c1. The van der Waals surface area contributed by atoms with Crippen molar-refractivity contribution in [1.82, 2.24) is 4.90 Å². The minimum atomic E-state index is -1.08. The monoisotopic (exact) mass is 385 g/mol. The van der Waals surface area contributed by atoms with Gasteiger partial charge in [-0.15, -0.1) is 0 Å². The van der Waals surface area contributed by atoms with Crippen LogP contribution < -0.4 is 9.47 Å². The third-order valence-corrected chi connectivity index (χ3v) is 4.35. The van der Waals surface area contributed by atoms with Gasteiger partial charge in [0, 0.05) is 31.8 Å². The summed E-state index contributed by atoms with van der Waals surface area (Å²) in [5, 5.41) is 9.34. The molecule has 7 heteroatoms. The van der Waals surface area contributed by atoms with Crippen LogP contribution in [0.5, 0.6) is 17.2 Å². The Morgan fingerprint density at radius 3 is 2.29 bits per heavy atom. The van der Waals surface area contributed by atoms with E-state index >= 15 is 0 Å². The van der Waals surface area contributed by atoms with E-state index in [4.69, 9.17) is 14.2 Å². The highest BCUT2D eigenvalue weighted by atomic mass is 16.5. The molecule has 7 nitrogen and oxygen atoms in total. The van der Waals surface area contributed by atoms with Crippen molar-refractivity contribution in [3.8, 4) is 17.2 Å². The van der Waals surface area contributed by atoms with Crippen LogP contribution in [0.25, 0.3) is 0 Å². The summed E-state index contributed by atoms with van der Waals surface area (Å²) in [6.45, 7) is 3.79. The number of ether oxygens (including phenoxy) is 3. The van der Waals surface area contributed by atoms with E-state index in [9.17, 15) is 14.7 Å². The minimum Gasteiger partial charge on any atom is -0.488 e. The van der Waals surface area contributed by atoms with E-state index in [2.05, 4.69) is 0 Å². The largest absolute Gasteiger partial charge is 0.488 e. The number of amides is 1. The Balaban J connectivity index is 1.75. The van der Waals surface area contributed by atoms with Crippen molar-refractivity contribution in [2.45, 2.75) is 19.4 Å². The summed E-state index contributed by atoms with van der Waals surface area (Å²) in [7, 11) is 1.57. The van der Waals surface area contributed by atoms with Gasteiger partial charge >= 0.3 is 5.97 Å². The van der Waals surface area contributed by atoms with Crippen molar-refractivity contribution in [1.29, 1.82) is 0 Å². The molecular formula is C21H23NO6. The number of likely N-dealkylation sites (tertiary alicyclic amines) is 1. The maximum absolute atomic E-state index is 12.2. The van der Waals surface area contributed by atoms with Gasteiger partial charge in [-0.1, -0.05) is 0 Å². The molecule has 0 spiro atoms. The first-order valence-electron chi connectivity index (χ1n) is 9.07. The molecule has 1 N–H and O–H groups in total. The molecule has 1 atom stereocenters. The number of benzene rings is 2. The first kappa shape index (κ1) is 19.7. The lowest BCUT2D eigenvalue weighted by Gasteiger charge is -2.30. The van der Waals surface area contributed by atoms with Crippen LogP contribution in [0.1, 0.15) is 34.1 Å². The fourth-order valence-electron chi connectivity index (χ4n) is 2.83. The number of carboxylic acids is 1. The quantitative estimate of drug-likeness (QED) is 0.749. The van der Waals surface area contributed by atoms with E-state index in [1.807, 2.05) is 6.92 Å². The molecule has 0 aromatic heterocycles. The molecule has 0 saturated carbocycles. The van der Waals surface area contributed by atoms with Crippen LogP contribution in [-0.4, -0.2) is 54.8 Å². The molecule has 148 valence electrons. The fourth-order valence-corrected chi connectivity index (χ4v) is 2.83. The van der Waals surface area contributed by atoms with Crippen LogP contribution >= 0.6 is 0 Å². The van der Waals surface area contributed by atoms with Crippen LogP contribution in [0.2, 0.25) is 0 Å². The lowest BCUT2D eigenvalue weighted by atomic mass is 10.1. The average Bonchev–Trinajstić information content (AvgIpc) is 2.60. The standard InChI is InChI=1S/C21H23NO6/c1-14(13-26-2)27-18-10-16(21(24)25)11-19(12-18)28-17-6-4-15(5-7-17)20(23)22-8-3-9-22/h4-7,10-12,14H,3,8-9,13H2,1-2H3,(H,24,25). The molecule has 2 aromatic rings. The van der Waals surface area contributed by atoms with Crippen LogP contribution in [-0.2, 0) is 4.74 Å². The number of nitrogens with zero attached hydrogens (tertiary/aromatic N) is 1. The Labute approximate surface area is 163 Å². The molecule has 1 aliphatic heterocycles. The topological polar surface area (TPSA) is 85.3 Å². The van der Waals surface area contributed by atoms with Crippen molar-refractivity contribution in [3.63, 3.8) is 0 Å². The summed E-state index contributed by atoms with van der Waals surface area (Å²) in [4.78, 5) is 25.4. The molecule has 28 heavy (non-hydrogen) atoms. The number of carboxylic acid groups (broad SMARTS) is 1. The van der Waals surface area contributed by atoms with Crippen molar-refractivity contribution in [3.05, 3.63) is 53.6 Å². The predicted octanol–water partition coefficient (Wildman–Crippen LogP) is 3.44. The molecule has 0 radical (unpaired) electrons. The van der Waals surface area contributed by atoms with Gasteiger partial charge in [0.1, 0.15) is 23.4 Å². The highest BCUT2D eigenvalue weighted by molar-refractivity contribution is 5.94. The molecule has 1 aliphatic rings. The molecule has 1 amide bonds. The Morgan fingerprint density at radius 2 is 1.71 bits per heavy atom. The van der Waals surface area contributed by atoms with Crippen LogP contribution in [0.3, 0.4) is 0 Å². The number of rotatable bonds is 8. The van der Waals surface area contributed by atoms with Crippen molar-refractivity contribution in [2.75, 3.05) is 26.8 Å². The number of methoxy groups -OCH3 is 1. The third-order valence-electron chi connectivity index (χ3n) is 4.35. The average molecular weight is 385 g/mol. The summed E-state index contributed by atoms with van der Waals surface area (Å²) >= 11 is 0. The second-order valence-corrected chi connectivity index (χ2v) is 6.65. The second kappa shape index (κ2) is 8.75. The van der Waals surface area contributed by atoms with Gasteiger partial charge in [0.2, 0.25) is 0 Å². The lowest BCUT2D eigenvalue weighted by Crippen LogP contribution is -2.41. The van der Waals surface area contributed by atoms with Gasteiger partial charge in [-0.2, -0.15) is 0 Å². The summed E-state index contributed by atoms with van der Waals surface area (Å²) in [6.07, 6.45) is 0.800. The molecule has 3 rings (SSSR count). The lowest BCUT2D eigenvalue weighted by molar-refractivity contribution is 0.0650. The smallest absolute Gasteiger partial charge is 0.335 e. The molecule has 1 unspecified atom stereocenters. The zero-order valence-electron chi connectivity index (χ0n) is 15.9. The Bertz CT molecular complexity index is 844. The maximum Gasteiger partial charge on any atom is 0.335 e. The Kier molecular flexibility index (Phi) is 6.16.